The van der Waals surface area contributed by atoms with Gasteiger partial charge in [-0.2, -0.15) is 0 Å². The van der Waals surface area contributed by atoms with E-state index >= 15 is 0 Å². The van der Waals surface area contributed by atoms with E-state index in [9.17, 15) is 35.1 Å². The van der Waals surface area contributed by atoms with Crippen LogP contribution in [0.25, 0.3) is 0 Å². The van der Waals surface area contributed by atoms with Crippen LogP contribution in [-0.4, -0.2) is 99.6 Å². The molecule has 0 radical (unpaired) electrons. The first-order chi connectivity index (χ1) is 33.7. The maximum absolute atomic E-state index is 13.3. The van der Waals surface area contributed by atoms with E-state index in [2.05, 4.69) is 44.3 Å². The van der Waals surface area contributed by atoms with Crippen LogP contribution in [0.5, 0.6) is 0 Å². The lowest BCUT2D eigenvalue weighted by Gasteiger charge is -2.41. The predicted molar refractivity (Wildman–Crippen MR) is 282 cm³/mol. The summed E-state index contributed by atoms with van der Waals surface area (Å²) < 4.78 is 17.5. The van der Waals surface area contributed by atoms with Crippen molar-refractivity contribution in [3.8, 4) is 0 Å². The van der Waals surface area contributed by atoms with Gasteiger partial charge in [0.1, 0.15) is 24.4 Å². The Morgan fingerprint density at radius 2 is 1.06 bits per heavy atom. The smallest absolute Gasteiger partial charge is 0.306 e. The minimum absolute atomic E-state index is 0.0925. The minimum Gasteiger partial charge on any atom is -0.454 e. The van der Waals surface area contributed by atoms with Crippen molar-refractivity contribution in [1.29, 1.82) is 0 Å². The lowest BCUT2D eigenvalue weighted by atomic mass is 9.99. The van der Waals surface area contributed by atoms with Crippen LogP contribution in [0.4, 0.5) is 0 Å². The summed E-state index contributed by atoms with van der Waals surface area (Å²) in [6.07, 6.45) is 48.8. The molecule has 69 heavy (non-hydrogen) atoms. The molecule has 1 saturated heterocycles. The normalized spacial score (nSPS) is 20.6. The van der Waals surface area contributed by atoms with Crippen LogP contribution in [0.2, 0.25) is 0 Å². The van der Waals surface area contributed by atoms with Gasteiger partial charge in [0.2, 0.25) is 5.91 Å². The molecular weight excluding hydrogens is 871 g/mol. The van der Waals surface area contributed by atoms with Gasteiger partial charge in [0.15, 0.2) is 12.4 Å². The molecule has 1 fully saturated rings. The molecule has 0 aromatic rings. The summed E-state index contributed by atoms with van der Waals surface area (Å²) in [5, 5.41) is 56.6. The summed E-state index contributed by atoms with van der Waals surface area (Å²) in [5.41, 5.74) is 0. The summed E-state index contributed by atoms with van der Waals surface area (Å²) in [6, 6.07) is -1.05. The Balaban J connectivity index is 2.82. The van der Waals surface area contributed by atoms with Gasteiger partial charge in [-0.15, -0.1) is 0 Å². The number of esters is 1. The van der Waals surface area contributed by atoms with Crippen molar-refractivity contribution < 1.29 is 49.3 Å². The zero-order chi connectivity index (χ0) is 50.4. The Hall–Kier alpha value is -3.42. The second kappa shape index (κ2) is 45.7. The molecular formula is C58H97NO10. The third-order valence-electron chi connectivity index (χ3n) is 12.1. The van der Waals surface area contributed by atoms with Gasteiger partial charge in [0, 0.05) is 6.42 Å². The minimum atomic E-state index is -1.63. The largest absolute Gasteiger partial charge is 0.454 e. The number of nitrogens with one attached hydrogen (secondary N) is 1. The van der Waals surface area contributed by atoms with Crippen molar-refractivity contribution in [2.24, 2.45) is 0 Å². The van der Waals surface area contributed by atoms with Gasteiger partial charge in [-0.25, -0.2) is 0 Å². The highest BCUT2D eigenvalue weighted by atomic mass is 16.7. The summed E-state index contributed by atoms with van der Waals surface area (Å²) >= 11 is 0. The third kappa shape index (κ3) is 34.5. The lowest BCUT2D eigenvalue weighted by Crippen LogP contribution is -2.61. The Labute approximate surface area is 418 Å². The van der Waals surface area contributed by atoms with Crippen LogP contribution in [0, 0.1) is 0 Å². The summed E-state index contributed by atoms with van der Waals surface area (Å²) in [4.78, 5) is 26.4. The number of aliphatic hydroxyl groups excluding tert-OH is 5. The zero-order valence-corrected chi connectivity index (χ0v) is 43.1. The first-order valence-corrected chi connectivity index (χ1v) is 27.1. The molecule has 0 aromatic carbocycles. The van der Waals surface area contributed by atoms with Crippen LogP contribution in [-0.2, 0) is 23.8 Å². The van der Waals surface area contributed by atoms with Crippen LogP contribution < -0.4 is 5.32 Å². The van der Waals surface area contributed by atoms with Crippen LogP contribution in [0.1, 0.15) is 194 Å². The van der Waals surface area contributed by atoms with Crippen molar-refractivity contribution in [1.82, 2.24) is 5.32 Å². The van der Waals surface area contributed by atoms with E-state index < -0.39 is 67.4 Å². The fourth-order valence-corrected chi connectivity index (χ4v) is 7.79. The molecule has 0 bridgehead atoms. The molecule has 11 heteroatoms. The fourth-order valence-electron chi connectivity index (χ4n) is 7.79. The molecule has 0 spiro atoms. The van der Waals surface area contributed by atoms with Gasteiger partial charge in [-0.3, -0.25) is 9.59 Å². The van der Waals surface area contributed by atoms with Gasteiger partial charge >= 0.3 is 5.97 Å². The van der Waals surface area contributed by atoms with E-state index in [1.165, 1.54) is 77.0 Å². The van der Waals surface area contributed by atoms with Crippen LogP contribution in [0.15, 0.2) is 97.2 Å². The van der Waals surface area contributed by atoms with E-state index in [-0.39, 0.29) is 19.4 Å². The molecule has 0 saturated carbocycles. The van der Waals surface area contributed by atoms with Gasteiger partial charge in [-0.1, -0.05) is 214 Å². The van der Waals surface area contributed by atoms with Gasteiger partial charge in [-0.05, 0) is 70.6 Å². The quantitative estimate of drug-likeness (QED) is 0.0149. The fraction of sp³-hybridized carbons (Fsp3) is 0.690. The van der Waals surface area contributed by atoms with Crippen molar-refractivity contribution in [2.45, 2.75) is 243 Å². The summed E-state index contributed by atoms with van der Waals surface area (Å²) in [6.45, 7) is 5.55. The highest BCUT2D eigenvalue weighted by Crippen LogP contribution is 2.26. The summed E-state index contributed by atoms with van der Waals surface area (Å²) in [7, 11) is 0. The van der Waals surface area contributed by atoms with E-state index in [0.717, 1.165) is 70.6 Å². The Morgan fingerprint density at radius 1 is 0.580 bits per heavy atom. The molecule has 11 nitrogen and oxygen atoms in total. The standard InChI is InChI=1S/C58H97NO10/c1-4-7-10-13-16-19-22-24-25-26-28-30-33-36-39-42-45-51(62)57(66)59-49(50(61)44-41-38-35-32-29-21-18-15-12-9-6-3)48-67-58-56(55(65)54(64)52(47-60)68-58)69-53(63)46-43-40-37-34-31-27-23-20-17-14-11-8-5-2/h7,10,13,16,19,22,24-28,30-31,33,41,44,49-52,54-56,58,60-62,64-65H,4-6,8-9,11-12,14-15,17-18,20-21,23,29,32,34-40,42-43,45-48H2,1-3H3,(H,59,66)/b10-7-,16-13+,22-19+,25-24-,28-26+,31-27-,33-30+,44-41+. The molecule has 1 aliphatic rings. The Bertz CT molecular complexity index is 1480. The van der Waals surface area contributed by atoms with Gasteiger partial charge in [0.25, 0.3) is 0 Å². The van der Waals surface area contributed by atoms with Crippen molar-refractivity contribution >= 4 is 11.9 Å². The zero-order valence-electron chi connectivity index (χ0n) is 43.1. The van der Waals surface area contributed by atoms with E-state index in [0.29, 0.717) is 12.8 Å². The highest BCUT2D eigenvalue weighted by molar-refractivity contribution is 5.80. The molecule has 1 rings (SSSR count). The topological polar surface area (TPSA) is 175 Å². The average molecular weight is 968 g/mol. The molecule has 1 amide bonds. The molecule has 6 N–H and O–H groups in total. The number of ether oxygens (including phenoxy) is 3. The molecule has 8 unspecified atom stereocenters. The number of aliphatic hydroxyl groups is 5. The van der Waals surface area contributed by atoms with E-state index in [4.69, 9.17) is 14.2 Å². The first-order valence-electron chi connectivity index (χ1n) is 27.1. The first kappa shape index (κ1) is 63.6. The van der Waals surface area contributed by atoms with Crippen LogP contribution >= 0.6 is 0 Å². The van der Waals surface area contributed by atoms with E-state index in [1.807, 2.05) is 72.9 Å². The molecule has 0 aliphatic carbocycles. The second-order valence-electron chi connectivity index (χ2n) is 18.4. The van der Waals surface area contributed by atoms with E-state index in [1.54, 1.807) is 6.08 Å². The molecule has 0 aromatic heterocycles. The number of rotatable bonds is 43. The highest BCUT2D eigenvalue weighted by Gasteiger charge is 2.47. The number of allylic oxidation sites excluding steroid dienone is 15. The second-order valence-corrected chi connectivity index (χ2v) is 18.4. The number of carbonyl (C=O) groups is 2. The molecule has 1 aliphatic heterocycles. The van der Waals surface area contributed by atoms with Crippen LogP contribution in [0.3, 0.4) is 0 Å². The maximum atomic E-state index is 13.3. The monoisotopic (exact) mass is 968 g/mol. The van der Waals surface area contributed by atoms with Crippen molar-refractivity contribution in [3.05, 3.63) is 97.2 Å². The van der Waals surface area contributed by atoms with Crippen molar-refractivity contribution in [2.75, 3.05) is 13.2 Å². The van der Waals surface area contributed by atoms with Gasteiger partial charge < -0.3 is 45.1 Å². The number of carbonyl (C=O) groups excluding carboxylic acids is 2. The molecule has 8 atom stereocenters. The number of hydrogen-bond donors (Lipinski definition) is 6. The predicted octanol–water partition coefficient (Wildman–Crippen LogP) is 11.6. The third-order valence-corrected chi connectivity index (χ3v) is 12.1. The van der Waals surface area contributed by atoms with Crippen molar-refractivity contribution in [3.63, 3.8) is 0 Å². The van der Waals surface area contributed by atoms with Gasteiger partial charge in [0.05, 0.1) is 25.4 Å². The number of unbranched alkanes of at least 4 members (excludes halogenated alkanes) is 20. The SMILES string of the molecule is CC\C=C/C=C/C=C/C=C\C=C\C=C\CCCCC(O)C(=O)NC(COC1OC(CO)C(O)C(O)C1OC(=O)CCCCC/C=C\CCCCCCCC)C(O)/C=C/CCCCCCCCCCC. The molecule has 394 valence electrons. The Morgan fingerprint density at radius 3 is 1.61 bits per heavy atom. The summed E-state index contributed by atoms with van der Waals surface area (Å²) in [5.74, 6) is -1.27. The maximum Gasteiger partial charge on any atom is 0.306 e. The lowest BCUT2D eigenvalue weighted by molar-refractivity contribution is -0.305. The average Bonchev–Trinajstić information content (AvgIpc) is 3.34. The Kier molecular flexibility index (Phi) is 42.1. The number of hydrogen-bond acceptors (Lipinski definition) is 10. The molecule has 1 heterocycles. The number of amides is 1.